The van der Waals surface area contributed by atoms with E-state index in [-0.39, 0.29) is 0 Å². The molecule has 0 aliphatic carbocycles. The second kappa shape index (κ2) is 4.44. The van der Waals surface area contributed by atoms with Crippen molar-refractivity contribution in [1.29, 1.82) is 0 Å². The lowest BCUT2D eigenvalue weighted by atomic mass is 9.99. The third kappa shape index (κ3) is 2.20. The fraction of sp³-hybridized carbons (Fsp3) is 0.250. The van der Waals surface area contributed by atoms with E-state index in [4.69, 9.17) is 17.3 Å². The lowest BCUT2D eigenvalue weighted by molar-refractivity contribution is 0.927. The molecule has 0 amide bonds. The largest absolute Gasteiger partial charge is 0.375 e. The first-order valence-corrected chi connectivity index (χ1v) is 6.25. The standard InChI is InChI=1S/C12H13ClN2S/c1-7(9-3-5-10(13)6-4-9)11-8(2)15-12(14)16-11/h3-7H,1-2H3,(H2,14,15). The van der Waals surface area contributed by atoms with Gasteiger partial charge in [-0.1, -0.05) is 30.7 Å². The van der Waals surface area contributed by atoms with Gasteiger partial charge in [-0.05, 0) is 24.6 Å². The number of hydrogen-bond acceptors (Lipinski definition) is 3. The summed E-state index contributed by atoms with van der Waals surface area (Å²) in [5.41, 5.74) is 7.96. The number of thiazole rings is 1. The van der Waals surface area contributed by atoms with Crippen molar-refractivity contribution >= 4 is 28.1 Å². The third-order valence-corrected chi connectivity index (χ3v) is 4.03. The zero-order chi connectivity index (χ0) is 11.7. The first-order valence-electron chi connectivity index (χ1n) is 5.06. The maximum Gasteiger partial charge on any atom is 0.180 e. The summed E-state index contributed by atoms with van der Waals surface area (Å²) in [6, 6.07) is 7.91. The van der Waals surface area contributed by atoms with Crippen molar-refractivity contribution in [3.63, 3.8) is 0 Å². The van der Waals surface area contributed by atoms with Crippen molar-refractivity contribution in [3.05, 3.63) is 45.4 Å². The number of aromatic nitrogens is 1. The van der Waals surface area contributed by atoms with Gasteiger partial charge in [0.1, 0.15) is 0 Å². The number of nitrogen functional groups attached to an aromatic ring is 1. The highest BCUT2D eigenvalue weighted by Gasteiger charge is 2.14. The van der Waals surface area contributed by atoms with Crippen LogP contribution in [0.15, 0.2) is 24.3 Å². The first kappa shape index (κ1) is 11.4. The van der Waals surface area contributed by atoms with Gasteiger partial charge in [0, 0.05) is 15.8 Å². The molecule has 0 bridgehead atoms. The Morgan fingerprint density at radius 3 is 2.44 bits per heavy atom. The molecule has 0 radical (unpaired) electrons. The van der Waals surface area contributed by atoms with E-state index >= 15 is 0 Å². The van der Waals surface area contributed by atoms with Crippen molar-refractivity contribution in [2.75, 3.05) is 5.73 Å². The van der Waals surface area contributed by atoms with E-state index in [9.17, 15) is 0 Å². The number of rotatable bonds is 2. The predicted octanol–water partition coefficient (Wildman–Crippen LogP) is 3.84. The van der Waals surface area contributed by atoms with Crippen LogP contribution in [0.1, 0.15) is 29.0 Å². The highest BCUT2D eigenvalue weighted by atomic mass is 35.5. The highest BCUT2D eigenvalue weighted by molar-refractivity contribution is 7.15. The lowest BCUT2D eigenvalue weighted by Gasteiger charge is -2.10. The Hall–Kier alpha value is -1.06. The minimum absolute atomic E-state index is 0.312. The van der Waals surface area contributed by atoms with Crippen molar-refractivity contribution in [2.24, 2.45) is 0 Å². The molecule has 4 heteroatoms. The van der Waals surface area contributed by atoms with Gasteiger partial charge in [0.2, 0.25) is 0 Å². The van der Waals surface area contributed by atoms with Gasteiger partial charge >= 0.3 is 0 Å². The number of aryl methyl sites for hydroxylation is 1. The molecule has 1 heterocycles. The van der Waals surface area contributed by atoms with Gasteiger partial charge < -0.3 is 5.73 Å². The molecular formula is C12H13ClN2S. The topological polar surface area (TPSA) is 38.9 Å². The number of hydrogen-bond donors (Lipinski definition) is 1. The van der Waals surface area contributed by atoms with Crippen LogP contribution < -0.4 is 5.73 Å². The van der Waals surface area contributed by atoms with E-state index in [1.807, 2.05) is 31.2 Å². The van der Waals surface area contributed by atoms with Crippen molar-refractivity contribution in [3.8, 4) is 0 Å². The second-order valence-electron chi connectivity index (χ2n) is 3.78. The minimum atomic E-state index is 0.312. The Morgan fingerprint density at radius 1 is 1.31 bits per heavy atom. The molecule has 0 saturated heterocycles. The normalized spacial score (nSPS) is 12.7. The van der Waals surface area contributed by atoms with Crippen LogP contribution in [-0.2, 0) is 0 Å². The second-order valence-corrected chi connectivity index (χ2v) is 5.27. The van der Waals surface area contributed by atoms with Crippen LogP contribution >= 0.6 is 22.9 Å². The summed E-state index contributed by atoms with van der Waals surface area (Å²) in [5, 5.41) is 1.39. The number of benzene rings is 1. The van der Waals surface area contributed by atoms with E-state index in [1.54, 1.807) is 11.3 Å². The average Bonchev–Trinajstić information content (AvgIpc) is 2.58. The van der Waals surface area contributed by atoms with Gasteiger partial charge in [-0.15, -0.1) is 11.3 Å². The van der Waals surface area contributed by atoms with Crippen LogP contribution in [0.25, 0.3) is 0 Å². The van der Waals surface area contributed by atoms with Gasteiger partial charge in [-0.3, -0.25) is 0 Å². The van der Waals surface area contributed by atoms with E-state index < -0.39 is 0 Å². The average molecular weight is 253 g/mol. The molecule has 0 aliphatic rings. The van der Waals surface area contributed by atoms with Gasteiger partial charge in [0.15, 0.2) is 5.13 Å². The van der Waals surface area contributed by atoms with Crippen molar-refractivity contribution < 1.29 is 0 Å². The highest BCUT2D eigenvalue weighted by Crippen LogP contribution is 2.32. The van der Waals surface area contributed by atoms with E-state index in [1.165, 1.54) is 10.4 Å². The zero-order valence-electron chi connectivity index (χ0n) is 9.20. The number of nitrogens with zero attached hydrogens (tertiary/aromatic N) is 1. The van der Waals surface area contributed by atoms with Crippen LogP contribution in [-0.4, -0.2) is 4.98 Å². The van der Waals surface area contributed by atoms with Gasteiger partial charge in [-0.2, -0.15) is 0 Å². The summed E-state index contributed by atoms with van der Waals surface area (Å²) >= 11 is 7.42. The molecule has 1 aromatic heterocycles. The summed E-state index contributed by atoms with van der Waals surface area (Å²) < 4.78 is 0. The van der Waals surface area contributed by atoms with Crippen LogP contribution in [0.5, 0.6) is 0 Å². The van der Waals surface area contributed by atoms with Crippen LogP contribution in [0.4, 0.5) is 5.13 Å². The Balaban J connectivity index is 2.35. The van der Waals surface area contributed by atoms with Gasteiger partial charge in [-0.25, -0.2) is 4.98 Å². The Morgan fingerprint density at radius 2 is 1.94 bits per heavy atom. The molecule has 2 N–H and O–H groups in total. The van der Waals surface area contributed by atoms with Crippen LogP contribution in [0.3, 0.4) is 0 Å². The molecule has 2 rings (SSSR count). The Kier molecular flexibility index (Phi) is 3.17. The lowest BCUT2D eigenvalue weighted by Crippen LogP contribution is -1.95. The maximum absolute atomic E-state index is 5.87. The van der Waals surface area contributed by atoms with E-state index in [0.29, 0.717) is 11.0 Å². The summed E-state index contributed by atoms with van der Waals surface area (Å²) in [4.78, 5) is 5.47. The molecule has 0 aliphatic heterocycles. The summed E-state index contributed by atoms with van der Waals surface area (Å²) in [7, 11) is 0. The quantitative estimate of drug-likeness (QED) is 0.882. The van der Waals surface area contributed by atoms with Crippen LogP contribution in [0, 0.1) is 6.92 Å². The number of anilines is 1. The van der Waals surface area contributed by atoms with E-state index in [2.05, 4.69) is 11.9 Å². The fourth-order valence-corrected chi connectivity index (χ4v) is 2.77. The Bertz CT molecular complexity index is 490. The molecule has 0 fully saturated rings. The predicted molar refractivity (Wildman–Crippen MR) is 70.2 cm³/mol. The fourth-order valence-electron chi connectivity index (χ4n) is 1.73. The molecular weight excluding hydrogens is 240 g/mol. The summed E-state index contributed by atoms with van der Waals surface area (Å²) in [6.07, 6.45) is 0. The molecule has 1 unspecified atom stereocenters. The monoisotopic (exact) mass is 252 g/mol. The molecule has 0 saturated carbocycles. The molecule has 16 heavy (non-hydrogen) atoms. The van der Waals surface area contributed by atoms with Gasteiger partial charge in [0.05, 0.1) is 5.69 Å². The molecule has 1 atom stereocenters. The van der Waals surface area contributed by atoms with Crippen molar-refractivity contribution in [2.45, 2.75) is 19.8 Å². The molecule has 1 aromatic carbocycles. The summed E-state index contributed by atoms with van der Waals surface area (Å²) in [6.45, 7) is 4.15. The molecule has 2 nitrogen and oxygen atoms in total. The first-order chi connectivity index (χ1) is 7.58. The summed E-state index contributed by atoms with van der Waals surface area (Å²) in [5.74, 6) is 0.312. The zero-order valence-corrected chi connectivity index (χ0v) is 10.8. The van der Waals surface area contributed by atoms with Gasteiger partial charge in [0.25, 0.3) is 0 Å². The molecule has 0 spiro atoms. The van der Waals surface area contributed by atoms with E-state index in [0.717, 1.165) is 10.7 Å². The molecule has 84 valence electrons. The van der Waals surface area contributed by atoms with Crippen molar-refractivity contribution in [1.82, 2.24) is 4.98 Å². The number of halogens is 1. The Labute approximate surface area is 104 Å². The molecule has 2 aromatic rings. The SMILES string of the molecule is Cc1nc(N)sc1C(C)c1ccc(Cl)cc1. The smallest absolute Gasteiger partial charge is 0.180 e. The minimum Gasteiger partial charge on any atom is -0.375 e. The third-order valence-electron chi connectivity index (χ3n) is 2.61. The number of nitrogens with two attached hydrogens (primary N) is 1. The maximum atomic E-state index is 5.87. The van der Waals surface area contributed by atoms with Crippen LogP contribution in [0.2, 0.25) is 5.02 Å².